The molecule has 0 bridgehead atoms. The van der Waals surface area contributed by atoms with Crippen molar-refractivity contribution in [2.24, 2.45) is 0 Å². The van der Waals surface area contributed by atoms with Crippen LogP contribution in [-0.2, 0) is 20.0 Å². The van der Waals surface area contributed by atoms with Crippen LogP contribution in [0, 0.1) is 0 Å². The van der Waals surface area contributed by atoms with Gasteiger partial charge in [-0.3, -0.25) is 0 Å². The Hall–Kier alpha value is -1.23. The molecule has 1 aromatic rings. The van der Waals surface area contributed by atoms with E-state index in [1.54, 1.807) is 0 Å². The highest BCUT2D eigenvalue weighted by Gasteiger charge is 2.13. The van der Waals surface area contributed by atoms with E-state index in [0.717, 1.165) is 6.26 Å². The fraction of sp³-hybridized carbons (Fsp3) is 0.444. The van der Waals surface area contributed by atoms with E-state index in [1.807, 2.05) is 0 Å². The summed E-state index contributed by atoms with van der Waals surface area (Å²) in [6.07, 6.45) is 2.68. The zero-order chi connectivity index (χ0) is 14.5. The molecule has 4 N–H and O–H groups in total. The van der Waals surface area contributed by atoms with Crippen molar-refractivity contribution in [1.29, 1.82) is 0 Å². The number of aromatic nitrogens is 1. The van der Waals surface area contributed by atoms with Crippen LogP contribution in [0.1, 0.15) is 6.42 Å². The summed E-state index contributed by atoms with van der Waals surface area (Å²) in [5, 5.41) is 0. The lowest BCUT2D eigenvalue weighted by atomic mass is 10.4. The van der Waals surface area contributed by atoms with Gasteiger partial charge in [0.25, 0.3) is 0 Å². The van der Waals surface area contributed by atoms with Crippen LogP contribution < -0.4 is 15.2 Å². The molecule has 0 aliphatic carbocycles. The molecule has 0 unspecified atom stereocenters. The van der Waals surface area contributed by atoms with Gasteiger partial charge in [-0.05, 0) is 12.5 Å². The number of hydrogen-bond acceptors (Lipinski definition) is 6. The maximum Gasteiger partial charge on any atom is 0.240 e. The van der Waals surface area contributed by atoms with Crippen molar-refractivity contribution in [1.82, 2.24) is 14.4 Å². The highest BCUT2D eigenvalue weighted by Crippen LogP contribution is 2.09. The van der Waals surface area contributed by atoms with Crippen molar-refractivity contribution < 1.29 is 16.8 Å². The van der Waals surface area contributed by atoms with Crippen LogP contribution in [0.15, 0.2) is 23.2 Å². The Morgan fingerprint density at radius 2 is 1.84 bits per heavy atom. The molecule has 108 valence electrons. The molecule has 8 nitrogen and oxygen atoms in total. The van der Waals surface area contributed by atoms with Gasteiger partial charge in [-0.25, -0.2) is 31.3 Å². The van der Waals surface area contributed by atoms with E-state index in [-0.39, 0.29) is 23.8 Å². The number of pyridine rings is 1. The number of nitrogens with two attached hydrogens (primary N) is 1. The minimum atomic E-state index is -3.65. The summed E-state index contributed by atoms with van der Waals surface area (Å²) >= 11 is 0. The molecule has 0 aliphatic heterocycles. The fourth-order valence-electron chi connectivity index (χ4n) is 1.23. The Bertz CT molecular complexity index is 627. The quantitative estimate of drug-likeness (QED) is 0.547. The molecule has 1 heterocycles. The maximum absolute atomic E-state index is 11.8. The van der Waals surface area contributed by atoms with Crippen molar-refractivity contribution in [3.05, 3.63) is 18.3 Å². The third kappa shape index (κ3) is 5.96. The average molecular weight is 308 g/mol. The van der Waals surface area contributed by atoms with Gasteiger partial charge in [-0.1, -0.05) is 0 Å². The smallest absolute Gasteiger partial charge is 0.240 e. The topological polar surface area (TPSA) is 131 Å². The first kappa shape index (κ1) is 15.8. The maximum atomic E-state index is 11.8. The second kappa shape index (κ2) is 6.28. The van der Waals surface area contributed by atoms with Crippen LogP contribution in [0.3, 0.4) is 0 Å². The lowest BCUT2D eigenvalue weighted by Gasteiger charge is -2.07. The molecule has 0 atom stereocenters. The molecule has 0 spiro atoms. The van der Waals surface area contributed by atoms with Crippen LogP contribution in [-0.4, -0.2) is 41.2 Å². The minimum Gasteiger partial charge on any atom is -0.384 e. The fourth-order valence-corrected chi connectivity index (χ4v) is 2.84. The lowest BCUT2D eigenvalue weighted by Crippen LogP contribution is -2.29. The molecule has 1 aromatic heterocycles. The van der Waals surface area contributed by atoms with E-state index < -0.39 is 20.0 Å². The second-order valence-electron chi connectivity index (χ2n) is 3.83. The van der Waals surface area contributed by atoms with Crippen molar-refractivity contribution in [3.8, 4) is 0 Å². The highest BCUT2D eigenvalue weighted by molar-refractivity contribution is 7.89. The van der Waals surface area contributed by atoms with Crippen LogP contribution in [0.4, 0.5) is 5.82 Å². The lowest BCUT2D eigenvalue weighted by molar-refractivity contribution is 0.575. The van der Waals surface area contributed by atoms with E-state index in [4.69, 9.17) is 5.73 Å². The molecule has 0 radical (unpaired) electrons. The first-order valence-electron chi connectivity index (χ1n) is 5.36. The molecule has 0 amide bonds. The molecule has 0 saturated carbocycles. The van der Waals surface area contributed by atoms with E-state index in [0.29, 0.717) is 6.42 Å². The molecule has 10 heteroatoms. The third-order valence-electron chi connectivity index (χ3n) is 2.07. The number of nitrogens with zero attached hydrogens (tertiary/aromatic N) is 1. The van der Waals surface area contributed by atoms with E-state index in [1.165, 1.54) is 18.3 Å². The zero-order valence-corrected chi connectivity index (χ0v) is 12.0. The summed E-state index contributed by atoms with van der Waals surface area (Å²) in [6, 6.07) is 2.57. The van der Waals surface area contributed by atoms with Gasteiger partial charge in [0, 0.05) is 25.4 Å². The van der Waals surface area contributed by atoms with Gasteiger partial charge < -0.3 is 5.73 Å². The number of nitrogen functional groups attached to an aromatic ring is 1. The standard InChI is InChI=1S/C9H16N4O4S2/c1-18(14,15)12-4-2-5-13-19(16,17)8-3-6-11-9(10)7-8/h3,6-7,12-13H,2,4-5H2,1H3,(H2,10,11). The molecular formula is C9H16N4O4S2. The van der Waals surface area contributed by atoms with Gasteiger partial charge in [0.1, 0.15) is 5.82 Å². The SMILES string of the molecule is CS(=O)(=O)NCCCNS(=O)(=O)c1ccnc(N)c1. The van der Waals surface area contributed by atoms with Gasteiger partial charge in [-0.15, -0.1) is 0 Å². The molecule has 0 aliphatic rings. The number of hydrogen-bond donors (Lipinski definition) is 3. The molecule has 0 fully saturated rings. The number of sulfonamides is 2. The molecule has 0 aromatic carbocycles. The van der Waals surface area contributed by atoms with Crippen LogP contribution in [0.25, 0.3) is 0 Å². The number of anilines is 1. The Balaban J connectivity index is 2.48. The van der Waals surface area contributed by atoms with Gasteiger partial charge in [-0.2, -0.15) is 0 Å². The monoisotopic (exact) mass is 308 g/mol. The zero-order valence-electron chi connectivity index (χ0n) is 10.3. The van der Waals surface area contributed by atoms with Crippen molar-refractivity contribution in [3.63, 3.8) is 0 Å². The van der Waals surface area contributed by atoms with E-state index in [2.05, 4.69) is 14.4 Å². The molecule has 19 heavy (non-hydrogen) atoms. The summed E-state index contributed by atoms with van der Waals surface area (Å²) in [5.41, 5.74) is 5.40. The Morgan fingerprint density at radius 1 is 1.21 bits per heavy atom. The van der Waals surface area contributed by atoms with Gasteiger partial charge in [0.2, 0.25) is 20.0 Å². The van der Waals surface area contributed by atoms with Crippen molar-refractivity contribution in [2.75, 3.05) is 25.1 Å². The van der Waals surface area contributed by atoms with Gasteiger partial charge in [0.05, 0.1) is 11.2 Å². The van der Waals surface area contributed by atoms with Crippen LogP contribution >= 0.6 is 0 Å². The summed E-state index contributed by atoms with van der Waals surface area (Å²) in [5.74, 6) is 0.113. The van der Waals surface area contributed by atoms with Crippen LogP contribution in [0.5, 0.6) is 0 Å². The first-order chi connectivity index (χ1) is 8.71. The van der Waals surface area contributed by atoms with Gasteiger partial charge >= 0.3 is 0 Å². The Labute approximate surface area is 112 Å². The molecule has 1 rings (SSSR count). The Kier molecular flexibility index (Phi) is 5.23. The van der Waals surface area contributed by atoms with Gasteiger partial charge in [0.15, 0.2) is 0 Å². The summed E-state index contributed by atoms with van der Waals surface area (Å²) in [7, 11) is -6.90. The third-order valence-corrected chi connectivity index (χ3v) is 4.26. The predicted molar refractivity (Wildman–Crippen MR) is 71.3 cm³/mol. The highest BCUT2D eigenvalue weighted by atomic mass is 32.2. The largest absolute Gasteiger partial charge is 0.384 e. The predicted octanol–water partition coefficient (Wildman–Crippen LogP) is -1.12. The summed E-state index contributed by atoms with van der Waals surface area (Å²) in [6.45, 7) is 0.285. The van der Waals surface area contributed by atoms with Crippen LogP contribution in [0.2, 0.25) is 0 Å². The van der Waals surface area contributed by atoms with E-state index in [9.17, 15) is 16.8 Å². The Morgan fingerprint density at radius 3 is 2.42 bits per heavy atom. The summed E-state index contributed by atoms with van der Waals surface area (Å²) < 4.78 is 49.8. The summed E-state index contributed by atoms with van der Waals surface area (Å²) in [4.78, 5) is 3.72. The number of nitrogens with one attached hydrogen (secondary N) is 2. The minimum absolute atomic E-state index is 0.0241. The van der Waals surface area contributed by atoms with Crippen molar-refractivity contribution >= 4 is 25.9 Å². The van der Waals surface area contributed by atoms with Crippen molar-refractivity contribution in [2.45, 2.75) is 11.3 Å². The number of rotatable bonds is 7. The second-order valence-corrected chi connectivity index (χ2v) is 7.43. The van der Waals surface area contributed by atoms with E-state index >= 15 is 0 Å². The first-order valence-corrected chi connectivity index (χ1v) is 8.74. The normalized spacial score (nSPS) is 12.5. The molecule has 0 saturated heterocycles. The average Bonchev–Trinajstić information content (AvgIpc) is 2.27. The molecular weight excluding hydrogens is 292 g/mol.